The first-order chi connectivity index (χ1) is 14.5. The molecule has 0 saturated heterocycles. The number of carbonyl (C=O) groups excluding carboxylic acids is 1. The van der Waals surface area contributed by atoms with Gasteiger partial charge in [-0.15, -0.1) is 0 Å². The molecule has 0 radical (unpaired) electrons. The summed E-state index contributed by atoms with van der Waals surface area (Å²) >= 11 is 0. The highest BCUT2D eigenvalue weighted by molar-refractivity contribution is 7.92. The van der Waals surface area contributed by atoms with Crippen LogP contribution in [0.4, 0.5) is 5.69 Å². The summed E-state index contributed by atoms with van der Waals surface area (Å²) in [5, 5.41) is 0. The molecule has 0 fully saturated rings. The SMILES string of the molecule is COc1ccccc1/C=C/CN(c1cccc(C=O)c1)S(=O)(=O)c1ccc(C)cc1. The van der Waals surface area contributed by atoms with Gasteiger partial charge < -0.3 is 4.74 Å². The van der Waals surface area contributed by atoms with Gasteiger partial charge >= 0.3 is 0 Å². The van der Waals surface area contributed by atoms with E-state index < -0.39 is 10.0 Å². The van der Waals surface area contributed by atoms with Crippen LogP contribution in [0.1, 0.15) is 21.5 Å². The number of sulfonamides is 1. The minimum atomic E-state index is -3.83. The second-order valence-corrected chi connectivity index (χ2v) is 8.57. The van der Waals surface area contributed by atoms with Crippen molar-refractivity contribution in [3.05, 3.63) is 95.6 Å². The minimum Gasteiger partial charge on any atom is -0.496 e. The largest absolute Gasteiger partial charge is 0.496 e. The smallest absolute Gasteiger partial charge is 0.264 e. The Hall–Kier alpha value is -3.38. The molecule has 0 amide bonds. The van der Waals surface area contributed by atoms with Gasteiger partial charge in [0.05, 0.1) is 24.2 Å². The van der Waals surface area contributed by atoms with Crippen molar-refractivity contribution < 1.29 is 17.9 Å². The fourth-order valence-electron chi connectivity index (χ4n) is 3.01. The van der Waals surface area contributed by atoms with Crippen molar-refractivity contribution in [3.8, 4) is 5.75 Å². The summed E-state index contributed by atoms with van der Waals surface area (Å²) in [4.78, 5) is 11.4. The number of para-hydroxylation sites is 1. The third-order valence-electron chi connectivity index (χ3n) is 4.61. The summed E-state index contributed by atoms with van der Waals surface area (Å²) in [6.45, 7) is 1.99. The number of hydrogen-bond donors (Lipinski definition) is 0. The van der Waals surface area contributed by atoms with Crippen LogP contribution in [-0.2, 0) is 10.0 Å². The summed E-state index contributed by atoms with van der Waals surface area (Å²) in [5.41, 5.74) is 2.64. The summed E-state index contributed by atoms with van der Waals surface area (Å²) in [6, 6.07) is 20.7. The van der Waals surface area contributed by atoms with Gasteiger partial charge in [0.2, 0.25) is 0 Å². The molecule has 3 rings (SSSR count). The summed E-state index contributed by atoms with van der Waals surface area (Å²) in [7, 11) is -2.24. The number of nitrogens with zero attached hydrogens (tertiary/aromatic N) is 1. The average molecular weight is 422 g/mol. The van der Waals surface area contributed by atoms with E-state index in [-0.39, 0.29) is 11.4 Å². The number of ether oxygens (including phenoxy) is 1. The normalized spacial score (nSPS) is 11.4. The molecule has 30 heavy (non-hydrogen) atoms. The molecule has 0 atom stereocenters. The van der Waals surface area contributed by atoms with Gasteiger partial charge in [0.1, 0.15) is 12.0 Å². The lowest BCUT2D eigenvalue weighted by molar-refractivity contribution is 0.112. The molecule has 0 aliphatic heterocycles. The fraction of sp³-hybridized carbons (Fsp3) is 0.125. The number of benzene rings is 3. The molecular formula is C24H23NO4S. The Bertz CT molecular complexity index is 1150. The molecule has 6 heteroatoms. The van der Waals surface area contributed by atoms with Crippen LogP contribution < -0.4 is 9.04 Å². The van der Waals surface area contributed by atoms with Gasteiger partial charge in [-0.2, -0.15) is 0 Å². The third kappa shape index (κ3) is 4.78. The van der Waals surface area contributed by atoms with Crippen molar-refractivity contribution in [1.82, 2.24) is 0 Å². The maximum Gasteiger partial charge on any atom is 0.264 e. The van der Waals surface area contributed by atoms with Crippen LogP contribution >= 0.6 is 0 Å². The minimum absolute atomic E-state index is 0.0938. The molecule has 0 aromatic heterocycles. The number of hydrogen-bond acceptors (Lipinski definition) is 4. The molecule has 3 aromatic carbocycles. The first-order valence-electron chi connectivity index (χ1n) is 9.40. The van der Waals surface area contributed by atoms with E-state index in [4.69, 9.17) is 4.74 Å². The van der Waals surface area contributed by atoms with Crippen LogP contribution in [0.25, 0.3) is 6.08 Å². The van der Waals surface area contributed by atoms with Gasteiger partial charge in [-0.25, -0.2) is 8.42 Å². The van der Waals surface area contributed by atoms with E-state index in [1.165, 1.54) is 4.31 Å². The van der Waals surface area contributed by atoms with Crippen molar-refractivity contribution in [1.29, 1.82) is 0 Å². The second-order valence-electron chi connectivity index (χ2n) is 6.71. The molecular weight excluding hydrogens is 398 g/mol. The highest BCUT2D eigenvalue weighted by Crippen LogP contribution is 2.25. The quantitative estimate of drug-likeness (QED) is 0.494. The van der Waals surface area contributed by atoms with E-state index in [0.717, 1.165) is 11.1 Å². The predicted octanol–water partition coefficient (Wildman–Crippen LogP) is 4.72. The zero-order valence-electron chi connectivity index (χ0n) is 16.9. The molecule has 0 N–H and O–H groups in total. The van der Waals surface area contributed by atoms with Crippen LogP contribution in [-0.4, -0.2) is 28.4 Å². The molecule has 5 nitrogen and oxygen atoms in total. The first kappa shape index (κ1) is 21.3. The topological polar surface area (TPSA) is 63.7 Å². The Morgan fingerprint density at radius 3 is 2.40 bits per heavy atom. The van der Waals surface area contributed by atoms with E-state index >= 15 is 0 Å². The van der Waals surface area contributed by atoms with Crippen molar-refractivity contribution in [2.24, 2.45) is 0 Å². The Morgan fingerprint density at radius 1 is 0.967 bits per heavy atom. The lowest BCUT2D eigenvalue weighted by Gasteiger charge is -2.23. The highest BCUT2D eigenvalue weighted by atomic mass is 32.2. The lowest BCUT2D eigenvalue weighted by Crippen LogP contribution is -2.31. The van der Waals surface area contributed by atoms with E-state index in [1.54, 1.807) is 61.7 Å². The molecule has 154 valence electrons. The van der Waals surface area contributed by atoms with Gasteiger partial charge in [0.25, 0.3) is 10.0 Å². The van der Waals surface area contributed by atoms with E-state index in [9.17, 15) is 13.2 Å². The highest BCUT2D eigenvalue weighted by Gasteiger charge is 2.24. The Balaban J connectivity index is 2.00. The molecule has 0 bridgehead atoms. The van der Waals surface area contributed by atoms with Gasteiger partial charge in [-0.3, -0.25) is 9.10 Å². The van der Waals surface area contributed by atoms with Crippen molar-refractivity contribution in [2.45, 2.75) is 11.8 Å². The zero-order chi connectivity index (χ0) is 21.6. The van der Waals surface area contributed by atoms with Crippen LogP contribution in [0.5, 0.6) is 5.75 Å². The maximum atomic E-state index is 13.4. The van der Waals surface area contributed by atoms with Crippen LogP contribution in [0.15, 0.2) is 83.8 Å². The van der Waals surface area contributed by atoms with Gasteiger partial charge in [-0.1, -0.05) is 60.2 Å². The number of methoxy groups -OCH3 is 1. The van der Waals surface area contributed by atoms with Crippen LogP contribution in [0, 0.1) is 6.92 Å². The monoisotopic (exact) mass is 421 g/mol. The van der Waals surface area contributed by atoms with Crippen molar-refractivity contribution >= 4 is 28.1 Å². The molecule has 3 aromatic rings. The lowest BCUT2D eigenvalue weighted by atomic mass is 10.2. The standard InChI is InChI=1S/C24H23NO4S/c1-19-12-14-23(15-13-19)30(27,28)25(22-10-5-7-20(17-22)18-26)16-6-9-21-8-3-4-11-24(21)29-2/h3-15,17-18H,16H2,1-2H3/b9-6+. The van der Waals surface area contributed by atoms with Crippen molar-refractivity contribution in [2.75, 3.05) is 18.0 Å². The number of carbonyl (C=O) groups is 1. The van der Waals surface area contributed by atoms with Crippen LogP contribution in [0.3, 0.4) is 0 Å². The van der Waals surface area contributed by atoms with E-state index in [1.807, 2.05) is 37.3 Å². The predicted molar refractivity (Wildman–Crippen MR) is 120 cm³/mol. The summed E-state index contributed by atoms with van der Waals surface area (Å²) in [6.07, 6.45) is 4.28. The number of rotatable bonds is 8. The Labute approximate surface area is 177 Å². The first-order valence-corrected chi connectivity index (χ1v) is 10.8. The van der Waals surface area contributed by atoms with E-state index in [0.29, 0.717) is 23.3 Å². The van der Waals surface area contributed by atoms with E-state index in [2.05, 4.69) is 0 Å². The molecule has 0 spiro atoms. The Morgan fingerprint density at radius 2 is 1.70 bits per heavy atom. The molecule has 0 aliphatic rings. The van der Waals surface area contributed by atoms with Crippen LogP contribution in [0.2, 0.25) is 0 Å². The van der Waals surface area contributed by atoms with Gasteiger partial charge in [-0.05, 0) is 37.3 Å². The van der Waals surface area contributed by atoms with Gasteiger partial charge in [0.15, 0.2) is 0 Å². The molecule has 0 saturated carbocycles. The molecule has 0 unspecified atom stereocenters. The third-order valence-corrected chi connectivity index (χ3v) is 6.42. The average Bonchev–Trinajstić information content (AvgIpc) is 2.77. The summed E-state index contributed by atoms with van der Waals surface area (Å²) < 4.78 is 33.4. The van der Waals surface area contributed by atoms with Gasteiger partial charge in [0, 0.05) is 11.1 Å². The number of aryl methyl sites for hydroxylation is 1. The molecule has 0 heterocycles. The number of anilines is 1. The summed E-state index contributed by atoms with van der Waals surface area (Å²) in [5.74, 6) is 0.699. The second kappa shape index (κ2) is 9.41. The number of aldehydes is 1. The molecule has 0 aliphatic carbocycles. The van der Waals surface area contributed by atoms with Crippen molar-refractivity contribution in [3.63, 3.8) is 0 Å². The maximum absolute atomic E-state index is 13.4. The Kier molecular flexibility index (Phi) is 6.69. The fourth-order valence-corrected chi connectivity index (χ4v) is 4.42. The zero-order valence-corrected chi connectivity index (χ0v) is 17.7.